The minimum Gasteiger partial charge on any atom is -0.383 e. The molecule has 2 aromatic rings. The molecule has 0 radical (unpaired) electrons. The zero-order chi connectivity index (χ0) is 15.5. The highest BCUT2D eigenvalue weighted by Crippen LogP contribution is 2.38. The van der Waals surface area contributed by atoms with E-state index in [0.29, 0.717) is 6.61 Å². The highest BCUT2D eigenvalue weighted by Gasteiger charge is 2.40. The molecule has 3 heterocycles. The Morgan fingerprint density at radius 1 is 1.32 bits per heavy atom. The van der Waals surface area contributed by atoms with Gasteiger partial charge in [0.2, 0.25) is 0 Å². The summed E-state index contributed by atoms with van der Waals surface area (Å²) in [6.07, 6.45) is 3.88. The van der Waals surface area contributed by atoms with Gasteiger partial charge in [-0.25, -0.2) is 0 Å². The Labute approximate surface area is 135 Å². The van der Waals surface area contributed by atoms with Crippen molar-refractivity contribution in [3.8, 4) is 0 Å². The van der Waals surface area contributed by atoms with Crippen molar-refractivity contribution in [3.05, 3.63) is 54.1 Å². The monoisotopic (exact) mass is 316 g/mol. The maximum Gasteiger partial charge on any atom is 0.170 e. The lowest BCUT2D eigenvalue weighted by atomic mass is 10.0. The molecular formula is C16H20N4OS. The van der Waals surface area contributed by atoms with E-state index in [-0.39, 0.29) is 12.1 Å². The van der Waals surface area contributed by atoms with E-state index in [2.05, 4.69) is 45.1 Å². The molecule has 116 valence electrons. The third kappa shape index (κ3) is 2.71. The van der Waals surface area contributed by atoms with Gasteiger partial charge in [-0.2, -0.15) is 0 Å². The number of nitrogens with one attached hydrogen (secondary N) is 1. The third-order valence-electron chi connectivity index (χ3n) is 4.02. The molecule has 5 nitrogen and oxygen atoms in total. The average molecular weight is 316 g/mol. The highest BCUT2D eigenvalue weighted by molar-refractivity contribution is 7.80. The second-order valence-electron chi connectivity index (χ2n) is 5.36. The number of methoxy groups -OCH3 is 1. The fraction of sp³-hybridized carbons (Fsp3) is 0.375. The summed E-state index contributed by atoms with van der Waals surface area (Å²) >= 11 is 5.55. The second kappa shape index (κ2) is 6.46. The first kappa shape index (κ1) is 15.0. The van der Waals surface area contributed by atoms with Gasteiger partial charge in [-0.15, -0.1) is 0 Å². The van der Waals surface area contributed by atoms with Crippen LogP contribution in [0.1, 0.15) is 23.5 Å². The van der Waals surface area contributed by atoms with E-state index in [0.717, 1.165) is 17.4 Å². The van der Waals surface area contributed by atoms with Gasteiger partial charge in [0.1, 0.15) is 0 Å². The summed E-state index contributed by atoms with van der Waals surface area (Å²) in [6, 6.07) is 10.3. The van der Waals surface area contributed by atoms with Crippen LogP contribution in [0.5, 0.6) is 0 Å². The molecule has 1 aliphatic rings. The Balaban J connectivity index is 1.99. The van der Waals surface area contributed by atoms with Crippen molar-refractivity contribution in [1.29, 1.82) is 0 Å². The fourth-order valence-corrected chi connectivity index (χ4v) is 3.27. The van der Waals surface area contributed by atoms with Gasteiger partial charge in [-0.05, 0) is 36.5 Å². The molecule has 1 saturated heterocycles. The first-order valence-electron chi connectivity index (χ1n) is 7.30. The van der Waals surface area contributed by atoms with Gasteiger partial charge < -0.3 is 19.5 Å². The molecule has 0 unspecified atom stereocenters. The van der Waals surface area contributed by atoms with E-state index < -0.39 is 0 Å². The first-order chi connectivity index (χ1) is 10.7. The van der Waals surface area contributed by atoms with Crippen molar-refractivity contribution in [2.75, 3.05) is 20.3 Å². The lowest BCUT2D eigenvalue weighted by Gasteiger charge is -2.28. The number of thiocarbonyl (C=S) groups is 1. The van der Waals surface area contributed by atoms with Crippen LogP contribution in [0.3, 0.4) is 0 Å². The van der Waals surface area contributed by atoms with E-state index >= 15 is 0 Å². The third-order valence-corrected chi connectivity index (χ3v) is 4.37. The normalized spacial score (nSPS) is 21.2. The summed E-state index contributed by atoms with van der Waals surface area (Å²) in [7, 11) is 3.76. The van der Waals surface area contributed by atoms with Gasteiger partial charge in [0.15, 0.2) is 5.11 Å². The smallest absolute Gasteiger partial charge is 0.170 e. The lowest BCUT2D eigenvalue weighted by Crippen LogP contribution is -2.33. The number of nitrogens with zero attached hydrogens (tertiary/aromatic N) is 3. The Morgan fingerprint density at radius 2 is 2.18 bits per heavy atom. The lowest BCUT2D eigenvalue weighted by molar-refractivity contribution is 0.162. The zero-order valence-corrected chi connectivity index (χ0v) is 13.6. The van der Waals surface area contributed by atoms with Crippen molar-refractivity contribution in [2.24, 2.45) is 7.05 Å². The van der Waals surface area contributed by atoms with Gasteiger partial charge in [-0.3, -0.25) is 4.98 Å². The maximum absolute atomic E-state index is 5.55. The average Bonchev–Trinajstić information content (AvgIpc) is 3.09. The molecule has 0 saturated carbocycles. The first-order valence-corrected chi connectivity index (χ1v) is 7.71. The molecule has 1 aliphatic heterocycles. The molecule has 1 fully saturated rings. The molecular weight excluding hydrogens is 296 g/mol. The zero-order valence-electron chi connectivity index (χ0n) is 12.8. The standard InChI is InChI=1S/C16H20N4OS/c1-19-9-5-7-13(19)15-14(12-6-3-4-8-17-12)18-16(22)20(15)10-11-21-2/h3-9,14-15H,10-11H2,1-2H3,(H,18,22)/t14-,15+/m1/s1. The van der Waals surface area contributed by atoms with Gasteiger partial charge in [-0.1, -0.05) is 6.07 Å². The van der Waals surface area contributed by atoms with Crippen LogP contribution < -0.4 is 5.32 Å². The predicted molar refractivity (Wildman–Crippen MR) is 89.4 cm³/mol. The van der Waals surface area contributed by atoms with Crippen molar-refractivity contribution < 1.29 is 4.74 Å². The van der Waals surface area contributed by atoms with Crippen LogP contribution >= 0.6 is 12.2 Å². The van der Waals surface area contributed by atoms with E-state index in [4.69, 9.17) is 17.0 Å². The van der Waals surface area contributed by atoms with Crippen molar-refractivity contribution >= 4 is 17.3 Å². The number of hydrogen-bond acceptors (Lipinski definition) is 3. The quantitative estimate of drug-likeness (QED) is 0.855. The largest absolute Gasteiger partial charge is 0.383 e. The Kier molecular flexibility index (Phi) is 4.40. The summed E-state index contributed by atoms with van der Waals surface area (Å²) in [4.78, 5) is 6.70. The second-order valence-corrected chi connectivity index (χ2v) is 5.74. The minimum absolute atomic E-state index is 0.0409. The van der Waals surface area contributed by atoms with Crippen LogP contribution in [-0.4, -0.2) is 39.8 Å². The Morgan fingerprint density at radius 3 is 2.82 bits per heavy atom. The topological polar surface area (TPSA) is 42.3 Å². The van der Waals surface area contributed by atoms with Gasteiger partial charge in [0.25, 0.3) is 0 Å². The number of rotatable bonds is 5. The Hall–Kier alpha value is -1.92. The number of pyridine rings is 1. The minimum atomic E-state index is 0.0409. The summed E-state index contributed by atoms with van der Waals surface area (Å²) in [6.45, 7) is 1.39. The summed E-state index contributed by atoms with van der Waals surface area (Å²) in [5.41, 5.74) is 2.20. The summed E-state index contributed by atoms with van der Waals surface area (Å²) in [5.74, 6) is 0. The number of ether oxygens (including phenoxy) is 1. The maximum atomic E-state index is 5.55. The number of hydrogen-bond donors (Lipinski definition) is 1. The van der Waals surface area contributed by atoms with E-state index in [1.54, 1.807) is 7.11 Å². The molecule has 2 atom stereocenters. The van der Waals surface area contributed by atoms with Crippen LogP contribution in [0, 0.1) is 0 Å². The molecule has 6 heteroatoms. The van der Waals surface area contributed by atoms with E-state index in [1.165, 1.54) is 5.69 Å². The van der Waals surface area contributed by atoms with Gasteiger partial charge >= 0.3 is 0 Å². The van der Waals surface area contributed by atoms with E-state index in [9.17, 15) is 0 Å². The van der Waals surface area contributed by atoms with Crippen LogP contribution in [0.15, 0.2) is 42.7 Å². The van der Waals surface area contributed by atoms with Crippen molar-refractivity contribution in [1.82, 2.24) is 19.8 Å². The molecule has 3 rings (SSSR count). The molecule has 0 amide bonds. The highest BCUT2D eigenvalue weighted by atomic mass is 32.1. The molecule has 0 aromatic carbocycles. The van der Waals surface area contributed by atoms with Crippen LogP contribution in [0.4, 0.5) is 0 Å². The molecule has 0 aliphatic carbocycles. The molecule has 22 heavy (non-hydrogen) atoms. The molecule has 1 N–H and O–H groups in total. The summed E-state index contributed by atoms with van der Waals surface area (Å²) in [5, 5.41) is 4.17. The van der Waals surface area contributed by atoms with Gasteiger partial charge in [0, 0.05) is 38.8 Å². The van der Waals surface area contributed by atoms with Crippen molar-refractivity contribution in [3.63, 3.8) is 0 Å². The Bertz CT molecular complexity index is 643. The molecule has 2 aromatic heterocycles. The fourth-order valence-electron chi connectivity index (χ4n) is 2.94. The van der Waals surface area contributed by atoms with Crippen molar-refractivity contribution in [2.45, 2.75) is 12.1 Å². The van der Waals surface area contributed by atoms with Gasteiger partial charge in [0.05, 0.1) is 24.4 Å². The number of aromatic nitrogens is 2. The van der Waals surface area contributed by atoms with Crippen LogP contribution in [0.2, 0.25) is 0 Å². The summed E-state index contributed by atoms with van der Waals surface area (Å²) < 4.78 is 7.37. The molecule has 0 spiro atoms. The van der Waals surface area contributed by atoms with Crippen LogP contribution in [0.25, 0.3) is 0 Å². The molecule has 0 bridgehead atoms. The van der Waals surface area contributed by atoms with Crippen LogP contribution in [-0.2, 0) is 11.8 Å². The SMILES string of the molecule is COCCN1C(=S)N[C@H](c2ccccn2)[C@@H]1c1cccn1C. The van der Waals surface area contributed by atoms with E-state index in [1.807, 2.05) is 24.4 Å². The predicted octanol–water partition coefficient (Wildman–Crippen LogP) is 2.04. The number of aryl methyl sites for hydroxylation is 1.